The molecule has 4 heteroatoms. The summed E-state index contributed by atoms with van der Waals surface area (Å²) < 4.78 is 5.58. The fraction of sp³-hybridized carbons (Fsp3) is 0.533. The first kappa shape index (κ1) is 15.5. The average Bonchev–Trinajstić information content (AvgIpc) is 2.36. The molecule has 0 heterocycles. The molecule has 2 atom stereocenters. The molecule has 4 nitrogen and oxygen atoms in total. The number of nitrogen functional groups attached to an aromatic ring is 1. The maximum Gasteiger partial charge on any atom is 0.253 e. The van der Waals surface area contributed by atoms with Crippen LogP contribution >= 0.6 is 0 Å². The van der Waals surface area contributed by atoms with E-state index in [1.807, 2.05) is 0 Å². The second-order valence-corrected chi connectivity index (χ2v) is 4.98. The minimum atomic E-state index is -0.458. The van der Waals surface area contributed by atoms with E-state index in [4.69, 9.17) is 10.5 Å². The SMILES string of the molecule is CCCC(C)COC(C)C(=O)Nc1cccc(N)c1. The smallest absolute Gasteiger partial charge is 0.253 e. The van der Waals surface area contributed by atoms with Crippen LogP contribution < -0.4 is 11.1 Å². The number of rotatable bonds is 7. The fourth-order valence-electron chi connectivity index (χ4n) is 1.82. The molecule has 0 aromatic heterocycles. The number of nitrogens with one attached hydrogen (secondary N) is 1. The number of hydrogen-bond acceptors (Lipinski definition) is 3. The minimum Gasteiger partial charge on any atom is -0.399 e. The van der Waals surface area contributed by atoms with E-state index in [0.29, 0.717) is 23.9 Å². The van der Waals surface area contributed by atoms with E-state index >= 15 is 0 Å². The van der Waals surface area contributed by atoms with Crippen LogP contribution in [0.5, 0.6) is 0 Å². The van der Waals surface area contributed by atoms with Gasteiger partial charge in [0.2, 0.25) is 0 Å². The van der Waals surface area contributed by atoms with E-state index in [9.17, 15) is 4.79 Å². The molecule has 0 aliphatic rings. The number of carbonyl (C=O) groups is 1. The zero-order chi connectivity index (χ0) is 14.3. The van der Waals surface area contributed by atoms with Crippen LogP contribution in [0, 0.1) is 5.92 Å². The normalized spacial score (nSPS) is 13.8. The minimum absolute atomic E-state index is 0.144. The molecular formula is C15H24N2O2. The van der Waals surface area contributed by atoms with E-state index < -0.39 is 6.10 Å². The quantitative estimate of drug-likeness (QED) is 0.744. The highest BCUT2D eigenvalue weighted by Gasteiger charge is 2.14. The first-order valence-electron chi connectivity index (χ1n) is 6.81. The summed E-state index contributed by atoms with van der Waals surface area (Å²) in [5, 5.41) is 2.79. The molecule has 1 aromatic carbocycles. The Morgan fingerprint density at radius 2 is 2.16 bits per heavy atom. The van der Waals surface area contributed by atoms with E-state index in [0.717, 1.165) is 12.8 Å². The van der Waals surface area contributed by atoms with Crippen molar-refractivity contribution in [3.63, 3.8) is 0 Å². The molecule has 106 valence electrons. The van der Waals surface area contributed by atoms with Crippen LogP contribution in [0.25, 0.3) is 0 Å². The molecular weight excluding hydrogens is 240 g/mol. The van der Waals surface area contributed by atoms with E-state index in [2.05, 4.69) is 19.2 Å². The van der Waals surface area contributed by atoms with Gasteiger partial charge in [0.05, 0.1) is 6.61 Å². The Hall–Kier alpha value is -1.55. The topological polar surface area (TPSA) is 64.3 Å². The van der Waals surface area contributed by atoms with Gasteiger partial charge < -0.3 is 15.8 Å². The lowest BCUT2D eigenvalue weighted by molar-refractivity contribution is -0.127. The molecule has 0 saturated carbocycles. The van der Waals surface area contributed by atoms with Crippen molar-refractivity contribution in [3.05, 3.63) is 24.3 Å². The Morgan fingerprint density at radius 1 is 1.42 bits per heavy atom. The molecule has 0 aliphatic heterocycles. The van der Waals surface area contributed by atoms with Crippen molar-refractivity contribution in [3.8, 4) is 0 Å². The van der Waals surface area contributed by atoms with Gasteiger partial charge in [-0.2, -0.15) is 0 Å². The van der Waals surface area contributed by atoms with Crippen molar-refractivity contribution < 1.29 is 9.53 Å². The lowest BCUT2D eigenvalue weighted by Crippen LogP contribution is -2.29. The highest BCUT2D eigenvalue weighted by Crippen LogP contribution is 2.13. The Balaban J connectivity index is 2.40. The Morgan fingerprint density at radius 3 is 2.79 bits per heavy atom. The van der Waals surface area contributed by atoms with Crippen molar-refractivity contribution in [1.82, 2.24) is 0 Å². The van der Waals surface area contributed by atoms with Crippen LogP contribution in [0.4, 0.5) is 11.4 Å². The Kier molecular flexibility index (Phi) is 6.36. The van der Waals surface area contributed by atoms with Gasteiger partial charge in [-0.05, 0) is 37.5 Å². The summed E-state index contributed by atoms with van der Waals surface area (Å²) >= 11 is 0. The van der Waals surface area contributed by atoms with E-state index in [1.54, 1.807) is 31.2 Å². The van der Waals surface area contributed by atoms with Gasteiger partial charge in [-0.3, -0.25) is 4.79 Å². The maximum absolute atomic E-state index is 11.9. The van der Waals surface area contributed by atoms with E-state index in [1.165, 1.54) is 0 Å². The van der Waals surface area contributed by atoms with Crippen LogP contribution in [0.1, 0.15) is 33.6 Å². The summed E-state index contributed by atoms with van der Waals surface area (Å²) in [5.74, 6) is 0.335. The lowest BCUT2D eigenvalue weighted by atomic mass is 10.1. The number of amides is 1. The summed E-state index contributed by atoms with van der Waals surface area (Å²) in [6.45, 7) is 6.65. The molecule has 19 heavy (non-hydrogen) atoms. The molecule has 1 aromatic rings. The molecule has 0 spiro atoms. The molecule has 0 bridgehead atoms. The predicted molar refractivity (Wildman–Crippen MR) is 79.0 cm³/mol. The molecule has 0 aliphatic carbocycles. The summed E-state index contributed by atoms with van der Waals surface area (Å²) in [4.78, 5) is 11.9. The average molecular weight is 264 g/mol. The second-order valence-electron chi connectivity index (χ2n) is 4.98. The Labute approximate surface area is 115 Å². The van der Waals surface area contributed by atoms with Gasteiger partial charge in [-0.1, -0.05) is 26.3 Å². The van der Waals surface area contributed by atoms with Gasteiger partial charge in [0.15, 0.2) is 0 Å². The maximum atomic E-state index is 11.9. The first-order valence-corrected chi connectivity index (χ1v) is 6.81. The van der Waals surface area contributed by atoms with Gasteiger partial charge >= 0.3 is 0 Å². The number of ether oxygens (including phenoxy) is 1. The van der Waals surface area contributed by atoms with Gasteiger partial charge in [-0.25, -0.2) is 0 Å². The standard InChI is InChI=1S/C15H24N2O2/c1-4-6-11(2)10-19-12(3)15(18)17-14-8-5-7-13(16)9-14/h5,7-9,11-12H,4,6,10,16H2,1-3H3,(H,17,18). The zero-order valence-electron chi connectivity index (χ0n) is 12.0. The number of hydrogen-bond donors (Lipinski definition) is 2. The van der Waals surface area contributed by atoms with Crippen molar-refractivity contribution in [1.29, 1.82) is 0 Å². The van der Waals surface area contributed by atoms with Gasteiger partial charge in [0.1, 0.15) is 6.10 Å². The summed E-state index contributed by atoms with van der Waals surface area (Å²) in [5.41, 5.74) is 6.98. The lowest BCUT2D eigenvalue weighted by Gasteiger charge is -2.16. The second kappa shape index (κ2) is 7.79. The fourth-order valence-corrected chi connectivity index (χ4v) is 1.82. The molecule has 0 radical (unpaired) electrons. The monoisotopic (exact) mass is 264 g/mol. The van der Waals surface area contributed by atoms with Crippen molar-refractivity contribution in [2.24, 2.45) is 5.92 Å². The van der Waals surface area contributed by atoms with Crippen molar-refractivity contribution in [2.45, 2.75) is 39.7 Å². The van der Waals surface area contributed by atoms with Gasteiger partial charge in [0.25, 0.3) is 5.91 Å². The van der Waals surface area contributed by atoms with Crippen LogP contribution in [-0.4, -0.2) is 18.6 Å². The molecule has 0 saturated heterocycles. The molecule has 0 fully saturated rings. The van der Waals surface area contributed by atoms with Gasteiger partial charge in [-0.15, -0.1) is 0 Å². The number of nitrogens with two attached hydrogens (primary N) is 1. The third-order valence-electron chi connectivity index (χ3n) is 2.94. The first-order chi connectivity index (χ1) is 9.02. The molecule has 2 unspecified atom stereocenters. The number of anilines is 2. The summed E-state index contributed by atoms with van der Waals surface area (Å²) in [6, 6.07) is 7.12. The number of benzene rings is 1. The summed E-state index contributed by atoms with van der Waals surface area (Å²) in [7, 11) is 0. The molecule has 1 amide bonds. The van der Waals surface area contributed by atoms with Crippen LogP contribution in [0.2, 0.25) is 0 Å². The van der Waals surface area contributed by atoms with Crippen LogP contribution in [0.15, 0.2) is 24.3 Å². The highest BCUT2D eigenvalue weighted by atomic mass is 16.5. The summed E-state index contributed by atoms with van der Waals surface area (Å²) in [6.07, 6.45) is 1.79. The van der Waals surface area contributed by atoms with Crippen molar-refractivity contribution >= 4 is 17.3 Å². The molecule has 1 rings (SSSR count). The Bertz CT molecular complexity index is 407. The van der Waals surface area contributed by atoms with Crippen LogP contribution in [0.3, 0.4) is 0 Å². The highest BCUT2D eigenvalue weighted by molar-refractivity contribution is 5.94. The third-order valence-corrected chi connectivity index (χ3v) is 2.94. The van der Waals surface area contributed by atoms with Gasteiger partial charge in [0, 0.05) is 11.4 Å². The number of carbonyl (C=O) groups excluding carboxylic acids is 1. The van der Waals surface area contributed by atoms with Crippen molar-refractivity contribution in [2.75, 3.05) is 17.7 Å². The largest absolute Gasteiger partial charge is 0.399 e. The zero-order valence-corrected chi connectivity index (χ0v) is 12.0. The third kappa shape index (κ3) is 5.75. The molecule has 3 N–H and O–H groups in total. The van der Waals surface area contributed by atoms with E-state index in [-0.39, 0.29) is 5.91 Å². The van der Waals surface area contributed by atoms with Crippen LogP contribution in [-0.2, 0) is 9.53 Å². The predicted octanol–water partition coefficient (Wildman–Crippen LogP) is 3.05.